The third-order valence-electron chi connectivity index (χ3n) is 3.01. The van der Waals surface area contributed by atoms with Crippen LogP contribution in [0.4, 0.5) is 0 Å². The molecule has 1 fully saturated rings. The number of rotatable bonds is 5. The Morgan fingerprint density at radius 1 is 1.31 bits per heavy atom. The van der Waals surface area contributed by atoms with Gasteiger partial charge in [0.05, 0.1) is 5.69 Å². The summed E-state index contributed by atoms with van der Waals surface area (Å²) in [6.07, 6.45) is 6.09. The van der Waals surface area contributed by atoms with Crippen LogP contribution in [0.15, 0.2) is 6.20 Å². The summed E-state index contributed by atoms with van der Waals surface area (Å²) in [5.74, 6) is 0. The van der Waals surface area contributed by atoms with E-state index in [1.54, 1.807) is 4.68 Å². The zero-order valence-corrected chi connectivity index (χ0v) is 10.0. The van der Waals surface area contributed by atoms with Gasteiger partial charge in [-0.15, -0.1) is 5.10 Å². The summed E-state index contributed by atoms with van der Waals surface area (Å²) in [5.41, 5.74) is 1.01. The van der Waals surface area contributed by atoms with Gasteiger partial charge in [0.2, 0.25) is 0 Å². The largest absolute Gasteiger partial charge is 0.310 e. The van der Waals surface area contributed by atoms with Gasteiger partial charge in [-0.3, -0.25) is 4.68 Å². The predicted octanol–water partition coefficient (Wildman–Crippen LogP) is 0.391. The lowest BCUT2D eigenvalue weighted by atomic mass is 10.1. The average Bonchev–Trinajstić information content (AvgIpc) is 2.72. The van der Waals surface area contributed by atoms with E-state index in [1.807, 2.05) is 13.2 Å². The lowest BCUT2D eigenvalue weighted by Gasteiger charge is -2.26. The summed E-state index contributed by atoms with van der Waals surface area (Å²) in [4.78, 5) is 2.53. The molecule has 0 bridgehead atoms. The predicted molar refractivity (Wildman–Crippen MR) is 63.0 cm³/mol. The summed E-state index contributed by atoms with van der Waals surface area (Å²) >= 11 is 0. The highest BCUT2D eigenvalue weighted by atomic mass is 15.4. The van der Waals surface area contributed by atoms with E-state index in [4.69, 9.17) is 0 Å². The summed E-state index contributed by atoms with van der Waals surface area (Å²) in [7, 11) is 1.89. The van der Waals surface area contributed by atoms with Gasteiger partial charge in [-0.05, 0) is 25.9 Å². The Hall–Kier alpha value is -0.940. The van der Waals surface area contributed by atoms with Gasteiger partial charge in [0.1, 0.15) is 0 Å². The molecular weight excluding hydrogens is 202 g/mol. The molecule has 0 radical (unpaired) electrons. The number of likely N-dealkylation sites (tertiary alicyclic amines) is 1. The van der Waals surface area contributed by atoms with Crippen LogP contribution in [-0.2, 0) is 13.6 Å². The molecule has 0 aromatic carbocycles. The minimum Gasteiger partial charge on any atom is -0.310 e. The maximum atomic E-state index is 4.04. The number of piperidine rings is 1. The molecule has 1 aromatic rings. The average molecular weight is 223 g/mol. The Morgan fingerprint density at radius 3 is 2.81 bits per heavy atom. The first-order chi connectivity index (χ1) is 7.84. The Labute approximate surface area is 96.8 Å². The quantitative estimate of drug-likeness (QED) is 0.734. The van der Waals surface area contributed by atoms with Crippen LogP contribution in [0, 0.1) is 0 Å². The van der Waals surface area contributed by atoms with Crippen molar-refractivity contribution in [2.75, 3.05) is 26.2 Å². The molecule has 5 heteroatoms. The number of hydrogen-bond donors (Lipinski definition) is 1. The number of nitrogens with one attached hydrogen (secondary N) is 1. The van der Waals surface area contributed by atoms with Crippen molar-refractivity contribution in [2.24, 2.45) is 7.05 Å². The molecule has 0 amide bonds. The molecule has 2 rings (SSSR count). The molecule has 1 aromatic heterocycles. The Balaban J connectivity index is 1.57. The fourth-order valence-electron chi connectivity index (χ4n) is 2.11. The summed E-state index contributed by atoms with van der Waals surface area (Å²) in [6, 6.07) is 0. The Bertz CT molecular complexity index is 303. The van der Waals surface area contributed by atoms with Gasteiger partial charge in [-0.25, -0.2) is 0 Å². The van der Waals surface area contributed by atoms with Crippen molar-refractivity contribution in [1.82, 2.24) is 25.2 Å². The standard InChI is InChI=1S/C11H21N5/c1-15-10-11(13-14-15)9-12-5-8-16-6-3-2-4-7-16/h10,12H,2-9H2,1H3. The highest BCUT2D eigenvalue weighted by molar-refractivity contribution is 4.90. The van der Waals surface area contributed by atoms with Crippen molar-refractivity contribution in [1.29, 1.82) is 0 Å². The van der Waals surface area contributed by atoms with Gasteiger partial charge >= 0.3 is 0 Å². The van der Waals surface area contributed by atoms with Crippen molar-refractivity contribution in [2.45, 2.75) is 25.8 Å². The monoisotopic (exact) mass is 223 g/mol. The van der Waals surface area contributed by atoms with Gasteiger partial charge < -0.3 is 10.2 Å². The fourth-order valence-corrected chi connectivity index (χ4v) is 2.11. The van der Waals surface area contributed by atoms with Crippen molar-refractivity contribution in [3.05, 3.63) is 11.9 Å². The van der Waals surface area contributed by atoms with E-state index in [-0.39, 0.29) is 0 Å². The van der Waals surface area contributed by atoms with E-state index in [1.165, 1.54) is 32.4 Å². The maximum absolute atomic E-state index is 4.04. The zero-order valence-electron chi connectivity index (χ0n) is 10.0. The van der Waals surface area contributed by atoms with E-state index in [9.17, 15) is 0 Å². The van der Waals surface area contributed by atoms with Crippen molar-refractivity contribution in [3.63, 3.8) is 0 Å². The molecule has 0 saturated carbocycles. The molecule has 1 N–H and O–H groups in total. The Morgan fingerprint density at radius 2 is 2.12 bits per heavy atom. The van der Waals surface area contributed by atoms with Crippen LogP contribution >= 0.6 is 0 Å². The van der Waals surface area contributed by atoms with Gasteiger partial charge in [0.15, 0.2) is 0 Å². The van der Waals surface area contributed by atoms with Gasteiger partial charge in [0.25, 0.3) is 0 Å². The van der Waals surface area contributed by atoms with E-state index in [0.29, 0.717) is 0 Å². The van der Waals surface area contributed by atoms with E-state index in [2.05, 4.69) is 20.5 Å². The third-order valence-corrected chi connectivity index (χ3v) is 3.01. The van der Waals surface area contributed by atoms with Gasteiger partial charge in [-0.2, -0.15) is 0 Å². The van der Waals surface area contributed by atoms with Crippen LogP contribution in [0.5, 0.6) is 0 Å². The molecule has 16 heavy (non-hydrogen) atoms. The summed E-state index contributed by atoms with van der Waals surface area (Å²) < 4.78 is 1.74. The first-order valence-electron chi connectivity index (χ1n) is 6.13. The normalized spacial score (nSPS) is 17.8. The second-order valence-corrected chi connectivity index (χ2v) is 4.46. The topological polar surface area (TPSA) is 46.0 Å². The molecule has 0 atom stereocenters. The molecule has 1 saturated heterocycles. The summed E-state index contributed by atoms with van der Waals surface area (Å²) in [6.45, 7) is 5.55. The van der Waals surface area contributed by atoms with Crippen molar-refractivity contribution < 1.29 is 0 Å². The van der Waals surface area contributed by atoms with Crippen LogP contribution < -0.4 is 5.32 Å². The fraction of sp³-hybridized carbons (Fsp3) is 0.818. The van der Waals surface area contributed by atoms with Crippen LogP contribution in [0.2, 0.25) is 0 Å². The summed E-state index contributed by atoms with van der Waals surface area (Å²) in [5, 5.41) is 11.3. The third kappa shape index (κ3) is 3.57. The van der Waals surface area contributed by atoms with E-state index < -0.39 is 0 Å². The molecular formula is C11H21N5. The van der Waals surface area contributed by atoms with Crippen molar-refractivity contribution >= 4 is 0 Å². The minimum atomic E-state index is 0.821. The second kappa shape index (κ2) is 5.96. The highest BCUT2D eigenvalue weighted by Gasteiger charge is 2.08. The van der Waals surface area contributed by atoms with Gasteiger partial charge in [0, 0.05) is 32.9 Å². The number of nitrogens with zero attached hydrogens (tertiary/aromatic N) is 4. The first kappa shape index (κ1) is 11.5. The van der Waals surface area contributed by atoms with E-state index in [0.717, 1.165) is 25.3 Å². The smallest absolute Gasteiger partial charge is 0.0964 e. The second-order valence-electron chi connectivity index (χ2n) is 4.46. The number of hydrogen-bond acceptors (Lipinski definition) is 4. The SMILES string of the molecule is Cn1cc(CNCCN2CCCCC2)nn1. The molecule has 2 heterocycles. The van der Waals surface area contributed by atoms with Crippen LogP contribution in [0.3, 0.4) is 0 Å². The molecule has 0 aliphatic carbocycles. The molecule has 1 aliphatic heterocycles. The molecule has 1 aliphatic rings. The highest BCUT2D eigenvalue weighted by Crippen LogP contribution is 2.07. The van der Waals surface area contributed by atoms with E-state index >= 15 is 0 Å². The zero-order chi connectivity index (χ0) is 11.2. The minimum absolute atomic E-state index is 0.821. The van der Waals surface area contributed by atoms with Crippen molar-refractivity contribution in [3.8, 4) is 0 Å². The van der Waals surface area contributed by atoms with Gasteiger partial charge in [-0.1, -0.05) is 11.6 Å². The Kier molecular flexibility index (Phi) is 4.30. The number of aryl methyl sites for hydroxylation is 1. The van der Waals surface area contributed by atoms with Crippen LogP contribution in [-0.4, -0.2) is 46.1 Å². The molecule has 90 valence electrons. The molecule has 0 unspecified atom stereocenters. The first-order valence-corrected chi connectivity index (χ1v) is 6.13. The van der Waals surface area contributed by atoms with Crippen LogP contribution in [0.1, 0.15) is 25.0 Å². The maximum Gasteiger partial charge on any atom is 0.0964 e. The van der Waals surface area contributed by atoms with Crippen LogP contribution in [0.25, 0.3) is 0 Å². The molecule has 0 spiro atoms. The number of aromatic nitrogens is 3. The lowest BCUT2D eigenvalue weighted by molar-refractivity contribution is 0.229. The lowest BCUT2D eigenvalue weighted by Crippen LogP contribution is -2.35. The molecule has 5 nitrogen and oxygen atoms in total.